The molecule has 106 valence electrons. The molecule has 0 aliphatic rings. The van der Waals surface area contributed by atoms with Crippen molar-refractivity contribution in [3.05, 3.63) is 51.8 Å². The lowest BCUT2D eigenvalue weighted by atomic mass is 10.2. The molecule has 0 atom stereocenters. The summed E-state index contributed by atoms with van der Waals surface area (Å²) in [5.41, 5.74) is 4.23. The Bertz CT molecular complexity index is 827. The zero-order valence-corrected chi connectivity index (χ0v) is 12.5. The highest BCUT2D eigenvalue weighted by atomic mass is 35.5. The molecule has 3 rings (SSSR count). The largest absolute Gasteiger partial charge is 0.260 e. The fourth-order valence-electron chi connectivity index (χ4n) is 1.74. The van der Waals surface area contributed by atoms with Gasteiger partial charge in [0.15, 0.2) is 17.3 Å². The maximum Gasteiger partial charge on any atom is 0.178 e. The molecule has 21 heavy (non-hydrogen) atoms. The molecule has 8 heteroatoms. The van der Waals surface area contributed by atoms with Crippen molar-refractivity contribution in [3.63, 3.8) is 0 Å². The number of anilines is 1. The van der Waals surface area contributed by atoms with Gasteiger partial charge in [-0.05, 0) is 25.1 Å². The van der Waals surface area contributed by atoms with E-state index in [2.05, 4.69) is 25.8 Å². The van der Waals surface area contributed by atoms with E-state index in [9.17, 15) is 0 Å². The molecule has 0 unspecified atom stereocenters. The molecule has 0 aliphatic carbocycles. The first kappa shape index (κ1) is 13.8. The minimum atomic E-state index is 0.461. The van der Waals surface area contributed by atoms with Crippen LogP contribution < -0.4 is 5.43 Å². The Labute approximate surface area is 130 Å². The monoisotopic (exact) mass is 320 g/mol. The molecule has 0 radical (unpaired) electrons. The molecule has 0 saturated heterocycles. The summed E-state index contributed by atoms with van der Waals surface area (Å²) in [6, 6.07) is 8.91. The van der Waals surface area contributed by atoms with Crippen LogP contribution in [0.5, 0.6) is 0 Å². The minimum absolute atomic E-state index is 0.461. The van der Waals surface area contributed by atoms with Crippen LogP contribution in [0.15, 0.2) is 35.4 Å². The molecular formula is C13H10Cl2N6. The summed E-state index contributed by atoms with van der Waals surface area (Å²) in [6.45, 7) is 1.83. The van der Waals surface area contributed by atoms with Crippen molar-refractivity contribution in [2.45, 2.75) is 6.92 Å². The van der Waals surface area contributed by atoms with Crippen LogP contribution in [0, 0.1) is 6.92 Å². The molecule has 3 aromatic rings. The first-order chi connectivity index (χ1) is 10.1. The fourth-order valence-corrected chi connectivity index (χ4v) is 2.10. The molecule has 2 aromatic heterocycles. The quantitative estimate of drug-likeness (QED) is 0.594. The van der Waals surface area contributed by atoms with Crippen LogP contribution in [0.4, 0.5) is 5.82 Å². The topological polar surface area (TPSA) is 67.5 Å². The molecule has 1 aromatic carbocycles. The number of nitrogens with one attached hydrogen (secondary N) is 1. The second-order valence-corrected chi connectivity index (χ2v) is 5.03. The fraction of sp³-hybridized carbons (Fsp3) is 0.0769. The van der Waals surface area contributed by atoms with Crippen molar-refractivity contribution in [2.24, 2.45) is 5.10 Å². The van der Waals surface area contributed by atoms with Crippen LogP contribution in [0.3, 0.4) is 0 Å². The highest BCUT2D eigenvalue weighted by Crippen LogP contribution is 2.24. The number of nitrogens with zero attached hydrogens (tertiary/aromatic N) is 5. The average Bonchev–Trinajstić information content (AvgIpc) is 2.85. The maximum absolute atomic E-state index is 6.07. The standard InChI is InChI=1S/C13H10Cl2N6/c1-8-17-19-12-6-5-11(20-21(8)12)18-16-7-9-3-2-4-10(14)13(9)15/h2-7H,1H3,(H,18,20). The van der Waals surface area contributed by atoms with E-state index < -0.39 is 0 Å². The molecule has 6 nitrogen and oxygen atoms in total. The number of hydrazone groups is 1. The van der Waals surface area contributed by atoms with Crippen molar-refractivity contribution < 1.29 is 0 Å². The van der Waals surface area contributed by atoms with E-state index in [1.807, 2.05) is 13.0 Å². The van der Waals surface area contributed by atoms with Gasteiger partial charge in [0.2, 0.25) is 0 Å². The molecule has 0 amide bonds. The number of aryl methyl sites for hydroxylation is 1. The molecule has 1 N–H and O–H groups in total. The second-order valence-electron chi connectivity index (χ2n) is 4.25. The predicted molar refractivity (Wildman–Crippen MR) is 83.2 cm³/mol. The highest BCUT2D eigenvalue weighted by Gasteiger charge is 2.03. The van der Waals surface area contributed by atoms with Gasteiger partial charge in [-0.3, -0.25) is 5.43 Å². The number of hydrogen-bond acceptors (Lipinski definition) is 5. The molecular weight excluding hydrogens is 311 g/mol. The van der Waals surface area contributed by atoms with Crippen LogP contribution in [-0.2, 0) is 0 Å². The number of halogens is 2. The van der Waals surface area contributed by atoms with Gasteiger partial charge in [-0.2, -0.15) is 9.62 Å². The molecule has 0 bridgehead atoms. The third-order valence-corrected chi connectivity index (χ3v) is 3.62. The lowest BCUT2D eigenvalue weighted by Crippen LogP contribution is -2.00. The Morgan fingerprint density at radius 1 is 1.19 bits per heavy atom. The molecule has 0 fully saturated rings. The summed E-state index contributed by atoms with van der Waals surface area (Å²) in [7, 11) is 0. The Hall–Kier alpha value is -2.18. The first-order valence-corrected chi connectivity index (χ1v) is 6.83. The van der Waals surface area contributed by atoms with Gasteiger partial charge >= 0.3 is 0 Å². The third-order valence-electron chi connectivity index (χ3n) is 2.78. The van der Waals surface area contributed by atoms with Crippen molar-refractivity contribution >= 4 is 40.9 Å². The van der Waals surface area contributed by atoms with Gasteiger partial charge in [0.25, 0.3) is 0 Å². The van der Waals surface area contributed by atoms with E-state index in [1.165, 1.54) is 0 Å². The number of hydrogen-bond donors (Lipinski definition) is 1. The van der Waals surface area contributed by atoms with Crippen LogP contribution in [0.25, 0.3) is 5.65 Å². The number of benzene rings is 1. The lowest BCUT2D eigenvalue weighted by Gasteiger charge is -2.01. The van der Waals surface area contributed by atoms with Gasteiger partial charge < -0.3 is 0 Å². The molecule has 2 heterocycles. The van der Waals surface area contributed by atoms with E-state index in [0.717, 1.165) is 5.56 Å². The Morgan fingerprint density at radius 2 is 2.05 bits per heavy atom. The summed E-state index contributed by atoms with van der Waals surface area (Å²) < 4.78 is 1.63. The smallest absolute Gasteiger partial charge is 0.178 e. The van der Waals surface area contributed by atoms with Gasteiger partial charge in [-0.15, -0.1) is 15.3 Å². The Kier molecular flexibility index (Phi) is 3.72. The number of fused-ring (bicyclic) bond motifs is 1. The summed E-state index contributed by atoms with van der Waals surface area (Å²) >= 11 is 12.0. The van der Waals surface area contributed by atoms with E-state index in [4.69, 9.17) is 23.2 Å². The highest BCUT2D eigenvalue weighted by molar-refractivity contribution is 6.43. The summed E-state index contributed by atoms with van der Waals surface area (Å²) in [5, 5.41) is 17.3. The third kappa shape index (κ3) is 2.81. The number of rotatable bonds is 3. The van der Waals surface area contributed by atoms with E-state index in [-0.39, 0.29) is 0 Å². The minimum Gasteiger partial charge on any atom is -0.260 e. The Morgan fingerprint density at radius 3 is 2.90 bits per heavy atom. The van der Waals surface area contributed by atoms with Crippen LogP contribution in [0.2, 0.25) is 10.0 Å². The van der Waals surface area contributed by atoms with Gasteiger partial charge in [-0.25, -0.2) is 0 Å². The summed E-state index contributed by atoms with van der Waals surface area (Å²) in [5.74, 6) is 1.27. The van der Waals surface area contributed by atoms with Gasteiger partial charge in [0.1, 0.15) is 0 Å². The van der Waals surface area contributed by atoms with Crippen molar-refractivity contribution in [2.75, 3.05) is 5.43 Å². The van der Waals surface area contributed by atoms with Crippen LogP contribution >= 0.6 is 23.2 Å². The van der Waals surface area contributed by atoms with Crippen molar-refractivity contribution in [1.82, 2.24) is 19.8 Å². The van der Waals surface area contributed by atoms with Gasteiger partial charge in [0.05, 0.1) is 16.3 Å². The first-order valence-electron chi connectivity index (χ1n) is 6.07. The van der Waals surface area contributed by atoms with Crippen LogP contribution in [-0.4, -0.2) is 26.0 Å². The van der Waals surface area contributed by atoms with Gasteiger partial charge in [-0.1, -0.05) is 35.3 Å². The summed E-state index contributed by atoms with van der Waals surface area (Å²) in [4.78, 5) is 0. The Balaban J connectivity index is 1.81. The average molecular weight is 321 g/mol. The molecule has 0 saturated carbocycles. The number of aromatic nitrogens is 4. The van der Waals surface area contributed by atoms with Crippen molar-refractivity contribution in [1.29, 1.82) is 0 Å². The van der Waals surface area contributed by atoms with E-state index in [1.54, 1.807) is 35.0 Å². The zero-order chi connectivity index (χ0) is 14.8. The second kappa shape index (κ2) is 5.67. The summed E-state index contributed by atoms with van der Waals surface area (Å²) in [6.07, 6.45) is 1.58. The van der Waals surface area contributed by atoms with E-state index >= 15 is 0 Å². The normalized spacial score (nSPS) is 11.4. The van der Waals surface area contributed by atoms with Crippen LogP contribution in [0.1, 0.15) is 11.4 Å². The SMILES string of the molecule is Cc1nnc2ccc(NN=Cc3cccc(Cl)c3Cl)nn12. The van der Waals surface area contributed by atoms with E-state index in [0.29, 0.717) is 27.3 Å². The molecule has 0 spiro atoms. The predicted octanol–water partition coefficient (Wildman–Crippen LogP) is 3.19. The van der Waals surface area contributed by atoms with Crippen molar-refractivity contribution in [3.8, 4) is 0 Å². The lowest BCUT2D eigenvalue weighted by molar-refractivity contribution is 0.875. The maximum atomic E-state index is 6.07. The van der Waals surface area contributed by atoms with Gasteiger partial charge in [0, 0.05) is 5.56 Å². The molecule has 0 aliphatic heterocycles. The zero-order valence-electron chi connectivity index (χ0n) is 11.0.